The van der Waals surface area contributed by atoms with E-state index in [1.165, 1.54) is 37.8 Å². The van der Waals surface area contributed by atoms with E-state index >= 15 is 0 Å². The number of nitriles is 1. The van der Waals surface area contributed by atoms with Gasteiger partial charge in [0.05, 0.1) is 12.8 Å². The number of furan rings is 1. The van der Waals surface area contributed by atoms with Crippen LogP contribution in [0.4, 0.5) is 0 Å². The molecule has 0 unspecified atom stereocenters. The van der Waals surface area contributed by atoms with Gasteiger partial charge in [0.25, 0.3) is 5.91 Å². The van der Waals surface area contributed by atoms with Gasteiger partial charge in [0.15, 0.2) is 5.76 Å². The molecule has 31 heavy (non-hydrogen) atoms. The molecule has 160 valence electrons. The van der Waals surface area contributed by atoms with Crippen molar-refractivity contribution in [3.8, 4) is 17.7 Å². The maximum atomic E-state index is 12.6. The van der Waals surface area contributed by atoms with Gasteiger partial charge in [0.2, 0.25) is 5.82 Å². The molecule has 1 saturated carbocycles. The monoisotopic (exact) mass is 418 g/mol. The van der Waals surface area contributed by atoms with Crippen LogP contribution in [-0.2, 0) is 11.3 Å². The molecule has 0 aliphatic heterocycles. The Morgan fingerprint density at radius 1 is 1.39 bits per heavy atom. The number of aryl methyl sites for hydroxylation is 1. The summed E-state index contributed by atoms with van der Waals surface area (Å²) in [6.45, 7) is 4.28. The van der Waals surface area contributed by atoms with Crippen LogP contribution in [0.25, 0.3) is 17.7 Å². The molecule has 2 N–H and O–H groups in total. The molecule has 0 spiro atoms. The molecule has 1 amide bonds. The molecule has 0 saturated heterocycles. The number of carbonyl (C=O) groups excluding carboxylic acids is 1. The minimum Gasteiger partial charge on any atom is -0.461 e. The summed E-state index contributed by atoms with van der Waals surface area (Å²) >= 11 is 0. The van der Waals surface area contributed by atoms with Gasteiger partial charge >= 0.3 is 0 Å². The van der Waals surface area contributed by atoms with Crippen molar-refractivity contribution in [3.63, 3.8) is 0 Å². The van der Waals surface area contributed by atoms with Gasteiger partial charge in [-0.05, 0) is 56.5 Å². The van der Waals surface area contributed by atoms with Crippen molar-refractivity contribution in [3.05, 3.63) is 52.8 Å². The maximum Gasteiger partial charge on any atom is 0.262 e. The van der Waals surface area contributed by atoms with Crippen LogP contribution in [0.1, 0.15) is 60.9 Å². The minimum absolute atomic E-state index is 0.0645. The van der Waals surface area contributed by atoms with Gasteiger partial charge in [-0.25, -0.2) is 4.98 Å². The Morgan fingerprint density at radius 3 is 2.90 bits per heavy atom. The molecule has 0 aromatic carbocycles. The second-order valence-electron chi connectivity index (χ2n) is 7.92. The minimum atomic E-state index is -0.444. The highest BCUT2D eigenvalue weighted by atomic mass is 16.3. The number of amides is 1. The molecule has 0 atom stereocenters. The van der Waals surface area contributed by atoms with Crippen LogP contribution >= 0.6 is 0 Å². The van der Waals surface area contributed by atoms with Gasteiger partial charge in [-0.2, -0.15) is 5.26 Å². The zero-order valence-corrected chi connectivity index (χ0v) is 17.8. The first-order chi connectivity index (χ1) is 15.1. The Bertz CT molecular complexity index is 1120. The Morgan fingerprint density at radius 2 is 2.19 bits per heavy atom. The lowest BCUT2D eigenvalue weighted by Gasteiger charge is -2.26. The summed E-state index contributed by atoms with van der Waals surface area (Å²) in [6, 6.07) is 8.10. The summed E-state index contributed by atoms with van der Waals surface area (Å²) in [4.78, 5) is 16.9. The summed E-state index contributed by atoms with van der Waals surface area (Å²) in [5.74, 6) is 0.994. The number of nitrogens with one attached hydrogen (secondary N) is 2. The van der Waals surface area contributed by atoms with E-state index in [9.17, 15) is 10.1 Å². The summed E-state index contributed by atoms with van der Waals surface area (Å²) in [5, 5.41) is 19.1. The van der Waals surface area contributed by atoms with Crippen LogP contribution in [-0.4, -0.2) is 25.7 Å². The van der Waals surface area contributed by atoms with Gasteiger partial charge < -0.3 is 14.3 Å². The number of hydrogen-bond donors (Lipinski definition) is 2. The first kappa shape index (κ1) is 20.7. The maximum absolute atomic E-state index is 12.6. The first-order valence-corrected chi connectivity index (χ1v) is 10.6. The van der Waals surface area contributed by atoms with E-state index in [1.807, 2.05) is 6.07 Å². The normalized spacial score (nSPS) is 15.1. The molecule has 1 aliphatic carbocycles. The van der Waals surface area contributed by atoms with Gasteiger partial charge in [-0.1, -0.05) is 19.3 Å². The largest absolute Gasteiger partial charge is 0.461 e. The molecule has 1 aliphatic rings. The lowest BCUT2D eigenvalue weighted by Crippen LogP contribution is -2.24. The fourth-order valence-electron chi connectivity index (χ4n) is 4.30. The van der Waals surface area contributed by atoms with E-state index in [1.54, 1.807) is 24.5 Å². The van der Waals surface area contributed by atoms with Crippen LogP contribution in [0, 0.1) is 25.2 Å². The Balaban J connectivity index is 1.46. The van der Waals surface area contributed by atoms with Crippen LogP contribution in [0.15, 0.2) is 34.5 Å². The predicted molar refractivity (Wildman–Crippen MR) is 116 cm³/mol. The molecule has 3 aromatic heterocycles. The van der Waals surface area contributed by atoms with E-state index in [0.29, 0.717) is 23.5 Å². The van der Waals surface area contributed by atoms with E-state index < -0.39 is 5.91 Å². The third-order valence-corrected chi connectivity index (χ3v) is 5.82. The quantitative estimate of drug-likeness (QED) is 0.460. The summed E-state index contributed by atoms with van der Waals surface area (Å²) < 4.78 is 7.62. The van der Waals surface area contributed by atoms with Gasteiger partial charge in [-0.15, -0.1) is 5.10 Å². The third kappa shape index (κ3) is 4.45. The van der Waals surface area contributed by atoms with Crippen molar-refractivity contribution in [1.82, 2.24) is 25.1 Å². The standard InChI is InChI=1S/C23H26N6O2/c1-15-11-17(16(2)29(15)19-7-4-3-5-8-19)12-18(13-24)23(30)25-14-21-26-22(28-27-21)20-9-6-10-31-20/h6,9-12,19H,3-5,7-8,14H2,1-2H3,(H,25,30)(H,26,27,28)/b18-12-. The zero-order chi connectivity index (χ0) is 21.8. The molecule has 8 nitrogen and oxygen atoms in total. The third-order valence-electron chi connectivity index (χ3n) is 5.82. The summed E-state index contributed by atoms with van der Waals surface area (Å²) in [6.07, 6.45) is 9.39. The molecule has 0 radical (unpaired) electrons. The van der Waals surface area contributed by atoms with Crippen molar-refractivity contribution in [2.45, 2.75) is 58.5 Å². The SMILES string of the molecule is Cc1cc(/C=C(/C#N)C(=O)NCc2nc(-c3ccco3)n[nH]2)c(C)n1C1CCCCC1. The lowest BCUT2D eigenvalue weighted by atomic mass is 9.95. The lowest BCUT2D eigenvalue weighted by molar-refractivity contribution is -0.117. The average Bonchev–Trinajstić information content (AvgIpc) is 3.52. The number of aromatic nitrogens is 4. The molecular weight excluding hydrogens is 392 g/mol. The van der Waals surface area contributed by atoms with E-state index in [4.69, 9.17) is 4.42 Å². The number of rotatable bonds is 6. The van der Waals surface area contributed by atoms with Crippen molar-refractivity contribution in [2.75, 3.05) is 0 Å². The van der Waals surface area contributed by atoms with Crippen molar-refractivity contribution in [2.24, 2.45) is 0 Å². The number of hydrogen-bond acceptors (Lipinski definition) is 5. The number of aromatic amines is 1. The molecule has 0 bridgehead atoms. The van der Waals surface area contributed by atoms with Crippen molar-refractivity contribution < 1.29 is 9.21 Å². The zero-order valence-electron chi connectivity index (χ0n) is 17.8. The molecule has 3 aromatic rings. The first-order valence-electron chi connectivity index (χ1n) is 10.6. The van der Waals surface area contributed by atoms with E-state index in [2.05, 4.69) is 45.0 Å². The topological polar surface area (TPSA) is 113 Å². The molecule has 8 heteroatoms. The Kier molecular flexibility index (Phi) is 6.03. The van der Waals surface area contributed by atoms with Gasteiger partial charge in [0.1, 0.15) is 17.5 Å². The number of carbonyl (C=O) groups is 1. The summed E-state index contributed by atoms with van der Waals surface area (Å²) in [5.41, 5.74) is 3.24. The second kappa shape index (κ2) is 9.04. The van der Waals surface area contributed by atoms with Crippen molar-refractivity contribution in [1.29, 1.82) is 5.26 Å². The molecule has 3 heterocycles. The highest BCUT2D eigenvalue weighted by molar-refractivity contribution is 6.01. The van der Waals surface area contributed by atoms with Gasteiger partial charge in [0, 0.05) is 17.4 Å². The van der Waals surface area contributed by atoms with E-state index in [0.717, 1.165) is 11.3 Å². The fourth-order valence-corrected chi connectivity index (χ4v) is 4.30. The average molecular weight is 419 g/mol. The van der Waals surface area contributed by atoms with E-state index in [-0.39, 0.29) is 12.1 Å². The predicted octanol–water partition coefficient (Wildman–Crippen LogP) is 4.21. The van der Waals surface area contributed by atoms with Crippen LogP contribution in [0.2, 0.25) is 0 Å². The Hall–Kier alpha value is -3.60. The number of nitrogens with zero attached hydrogens (tertiary/aromatic N) is 4. The highest BCUT2D eigenvalue weighted by Crippen LogP contribution is 2.32. The molecule has 1 fully saturated rings. The van der Waals surface area contributed by atoms with Crippen LogP contribution in [0.5, 0.6) is 0 Å². The molecule has 4 rings (SSSR count). The van der Waals surface area contributed by atoms with Crippen LogP contribution in [0.3, 0.4) is 0 Å². The highest BCUT2D eigenvalue weighted by Gasteiger charge is 2.20. The van der Waals surface area contributed by atoms with Crippen molar-refractivity contribution >= 4 is 12.0 Å². The molecular formula is C23H26N6O2. The second-order valence-corrected chi connectivity index (χ2v) is 7.92. The van der Waals surface area contributed by atoms with Crippen LogP contribution < -0.4 is 5.32 Å². The van der Waals surface area contributed by atoms with Gasteiger partial charge in [-0.3, -0.25) is 9.89 Å². The number of H-pyrrole nitrogens is 1. The summed E-state index contributed by atoms with van der Waals surface area (Å²) in [7, 11) is 0. The Labute approximate surface area is 181 Å². The smallest absolute Gasteiger partial charge is 0.262 e. The fraction of sp³-hybridized carbons (Fsp3) is 0.391.